The highest BCUT2D eigenvalue weighted by Crippen LogP contribution is 2.45. The minimum absolute atomic E-state index is 0.210. The number of carbonyl (C=O) groups excluding carboxylic acids is 2. The third-order valence-corrected chi connectivity index (χ3v) is 6.69. The minimum atomic E-state index is -1.25. The fraction of sp³-hybridized carbons (Fsp3) is 0.261. The molecule has 0 radical (unpaired) electrons. The molecule has 6 nitrogen and oxygen atoms in total. The molecule has 2 amide bonds. The Bertz CT molecular complexity index is 1110. The summed E-state index contributed by atoms with van der Waals surface area (Å²) < 4.78 is 0.534. The van der Waals surface area contributed by atoms with Crippen molar-refractivity contribution in [3.63, 3.8) is 0 Å². The highest BCUT2D eigenvalue weighted by molar-refractivity contribution is 8.02. The lowest BCUT2D eigenvalue weighted by molar-refractivity contribution is -0.128. The molecular formula is C23H24N4O2S. The van der Waals surface area contributed by atoms with E-state index in [-0.39, 0.29) is 11.8 Å². The second-order valence-electron chi connectivity index (χ2n) is 7.46. The van der Waals surface area contributed by atoms with Gasteiger partial charge in [-0.2, -0.15) is 5.10 Å². The van der Waals surface area contributed by atoms with Crippen molar-refractivity contribution < 1.29 is 9.59 Å². The fourth-order valence-electron chi connectivity index (χ4n) is 3.58. The van der Waals surface area contributed by atoms with Gasteiger partial charge in [-0.05, 0) is 44.0 Å². The summed E-state index contributed by atoms with van der Waals surface area (Å²) in [6.07, 6.45) is 3.40. The zero-order valence-electron chi connectivity index (χ0n) is 17.3. The average Bonchev–Trinajstić information content (AvgIpc) is 3.17. The van der Waals surface area contributed by atoms with Crippen LogP contribution in [0, 0.1) is 6.92 Å². The van der Waals surface area contributed by atoms with Crippen LogP contribution < -0.4 is 10.2 Å². The molecule has 1 N–H and O–H groups in total. The SMILES string of the molecule is CCN1C(=O)C(C)(C(=O)Nc2cnn(Cc3ccccc3C)c2)Sc2ccccc21. The molecule has 2 aromatic carbocycles. The summed E-state index contributed by atoms with van der Waals surface area (Å²) in [6.45, 7) is 6.79. The monoisotopic (exact) mass is 420 g/mol. The van der Waals surface area contributed by atoms with Crippen LogP contribution in [0.2, 0.25) is 0 Å². The Morgan fingerprint density at radius 3 is 2.67 bits per heavy atom. The molecule has 0 aliphatic carbocycles. The third-order valence-electron chi connectivity index (χ3n) is 5.36. The van der Waals surface area contributed by atoms with Gasteiger partial charge in [0.1, 0.15) is 0 Å². The number of carbonyl (C=O) groups is 2. The Morgan fingerprint density at radius 1 is 1.17 bits per heavy atom. The van der Waals surface area contributed by atoms with E-state index in [1.165, 1.54) is 22.9 Å². The topological polar surface area (TPSA) is 67.2 Å². The van der Waals surface area contributed by atoms with E-state index in [9.17, 15) is 9.59 Å². The quantitative estimate of drug-likeness (QED) is 0.631. The number of thioether (sulfide) groups is 1. The Kier molecular flexibility index (Phi) is 5.39. The minimum Gasteiger partial charge on any atom is -0.322 e. The lowest BCUT2D eigenvalue weighted by Gasteiger charge is -2.38. The standard InChI is InChI=1S/C23H24N4O2S/c1-4-27-19-11-7-8-12-20(19)30-23(3,22(27)29)21(28)25-18-13-24-26(15-18)14-17-10-6-5-9-16(17)2/h5-13,15H,4,14H2,1-3H3,(H,25,28). The number of benzene rings is 2. The van der Waals surface area contributed by atoms with Crippen LogP contribution in [0.4, 0.5) is 11.4 Å². The predicted molar refractivity (Wildman–Crippen MR) is 120 cm³/mol. The molecule has 1 aliphatic heterocycles. The number of anilines is 2. The zero-order chi connectivity index (χ0) is 21.3. The molecule has 1 atom stereocenters. The number of amides is 2. The van der Waals surface area contributed by atoms with Crippen molar-refractivity contribution in [3.8, 4) is 0 Å². The summed E-state index contributed by atoms with van der Waals surface area (Å²) >= 11 is 1.29. The van der Waals surface area contributed by atoms with Crippen molar-refractivity contribution in [1.82, 2.24) is 9.78 Å². The molecule has 0 saturated heterocycles. The van der Waals surface area contributed by atoms with E-state index in [0.29, 0.717) is 18.8 Å². The molecule has 0 spiro atoms. The highest BCUT2D eigenvalue weighted by atomic mass is 32.2. The third kappa shape index (κ3) is 3.61. The van der Waals surface area contributed by atoms with E-state index in [1.54, 1.807) is 28.9 Å². The van der Waals surface area contributed by atoms with Crippen molar-refractivity contribution in [2.24, 2.45) is 0 Å². The Hall–Kier alpha value is -3.06. The van der Waals surface area contributed by atoms with Crippen LogP contribution in [0.25, 0.3) is 0 Å². The van der Waals surface area contributed by atoms with Gasteiger partial charge in [0.05, 0.1) is 24.1 Å². The van der Waals surface area contributed by atoms with Crippen LogP contribution in [0.1, 0.15) is 25.0 Å². The summed E-state index contributed by atoms with van der Waals surface area (Å²) in [4.78, 5) is 29.0. The lowest BCUT2D eigenvalue weighted by Crippen LogP contribution is -2.54. The summed E-state index contributed by atoms with van der Waals surface area (Å²) in [5, 5.41) is 7.25. The number of aromatic nitrogens is 2. The van der Waals surface area contributed by atoms with Crippen LogP contribution in [-0.4, -0.2) is 32.9 Å². The lowest BCUT2D eigenvalue weighted by atomic mass is 10.1. The Labute approximate surface area is 180 Å². The molecule has 2 heterocycles. The predicted octanol–water partition coefficient (Wildman–Crippen LogP) is 4.10. The number of nitrogens with zero attached hydrogens (tertiary/aromatic N) is 3. The van der Waals surface area contributed by atoms with Crippen LogP contribution in [0.15, 0.2) is 65.8 Å². The maximum atomic E-state index is 13.2. The van der Waals surface area contributed by atoms with Crippen molar-refractivity contribution in [2.45, 2.75) is 37.0 Å². The summed E-state index contributed by atoms with van der Waals surface area (Å²) in [5.41, 5.74) is 3.78. The number of nitrogens with one attached hydrogen (secondary N) is 1. The van der Waals surface area contributed by atoms with Gasteiger partial charge in [0.2, 0.25) is 5.91 Å². The number of rotatable bonds is 5. The van der Waals surface area contributed by atoms with Crippen LogP contribution in [0.5, 0.6) is 0 Å². The van der Waals surface area contributed by atoms with Gasteiger partial charge in [-0.25, -0.2) is 0 Å². The van der Waals surface area contributed by atoms with E-state index < -0.39 is 4.75 Å². The Morgan fingerprint density at radius 2 is 1.90 bits per heavy atom. The van der Waals surface area contributed by atoms with E-state index in [1.807, 2.05) is 43.3 Å². The van der Waals surface area contributed by atoms with Gasteiger partial charge >= 0.3 is 0 Å². The molecular weight excluding hydrogens is 396 g/mol. The van der Waals surface area contributed by atoms with E-state index >= 15 is 0 Å². The smallest absolute Gasteiger partial charge is 0.252 e. The van der Waals surface area contributed by atoms with Crippen LogP contribution in [-0.2, 0) is 16.1 Å². The number of hydrogen-bond donors (Lipinski definition) is 1. The molecule has 1 unspecified atom stereocenters. The zero-order valence-corrected chi connectivity index (χ0v) is 18.1. The van der Waals surface area contributed by atoms with Gasteiger partial charge < -0.3 is 10.2 Å². The first-order valence-corrected chi connectivity index (χ1v) is 10.7. The second kappa shape index (κ2) is 7.99. The number of para-hydroxylation sites is 1. The van der Waals surface area contributed by atoms with E-state index in [2.05, 4.69) is 29.5 Å². The van der Waals surface area contributed by atoms with Gasteiger partial charge in [0.25, 0.3) is 5.91 Å². The van der Waals surface area contributed by atoms with Crippen LogP contribution in [0.3, 0.4) is 0 Å². The number of aryl methyl sites for hydroxylation is 1. The highest BCUT2D eigenvalue weighted by Gasteiger charge is 2.49. The van der Waals surface area contributed by atoms with Gasteiger partial charge in [0.15, 0.2) is 4.75 Å². The van der Waals surface area contributed by atoms with Gasteiger partial charge in [0, 0.05) is 17.6 Å². The van der Waals surface area contributed by atoms with Crippen molar-refractivity contribution >= 4 is 35.0 Å². The van der Waals surface area contributed by atoms with Gasteiger partial charge in [-0.1, -0.05) is 48.2 Å². The number of fused-ring (bicyclic) bond motifs is 1. The molecule has 3 aromatic rings. The molecule has 30 heavy (non-hydrogen) atoms. The van der Waals surface area contributed by atoms with E-state index in [0.717, 1.165) is 10.6 Å². The Balaban J connectivity index is 1.53. The van der Waals surface area contributed by atoms with Gasteiger partial charge in [-0.3, -0.25) is 14.3 Å². The molecule has 0 saturated carbocycles. The normalized spacial score (nSPS) is 18.2. The van der Waals surface area contributed by atoms with Gasteiger partial charge in [-0.15, -0.1) is 0 Å². The van der Waals surface area contributed by atoms with Crippen molar-refractivity contribution in [2.75, 3.05) is 16.8 Å². The van der Waals surface area contributed by atoms with Crippen molar-refractivity contribution in [3.05, 3.63) is 72.1 Å². The maximum absolute atomic E-state index is 13.2. The number of hydrogen-bond acceptors (Lipinski definition) is 4. The summed E-state index contributed by atoms with van der Waals surface area (Å²) in [7, 11) is 0. The molecule has 4 rings (SSSR count). The first-order chi connectivity index (χ1) is 14.4. The van der Waals surface area contributed by atoms with Crippen LogP contribution >= 0.6 is 11.8 Å². The molecule has 1 aliphatic rings. The summed E-state index contributed by atoms with van der Waals surface area (Å²) in [6, 6.07) is 15.8. The molecule has 1 aromatic heterocycles. The maximum Gasteiger partial charge on any atom is 0.252 e. The van der Waals surface area contributed by atoms with Crippen molar-refractivity contribution in [1.29, 1.82) is 0 Å². The first kappa shape index (κ1) is 20.2. The first-order valence-electron chi connectivity index (χ1n) is 9.91. The molecule has 0 fully saturated rings. The molecule has 0 bridgehead atoms. The largest absolute Gasteiger partial charge is 0.322 e. The average molecular weight is 421 g/mol. The second-order valence-corrected chi connectivity index (χ2v) is 8.92. The molecule has 154 valence electrons. The van der Waals surface area contributed by atoms with E-state index in [4.69, 9.17) is 0 Å². The molecule has 7 heteroatoms. The summed E-state index contributed by atoms with van der Waals surface area (Å²) in [5.74, 6) is -0.556. The fourth-order valence-corrected chi connectivity index (χ4v) is 4.79.